The Bertz CT molecular complexity index is 1070. The summed E-state index contributed by atoms with van der Waals surface area (Å²) in [6.07, 6.45) is 2.35. The molecule has 2 fully saturated rings. The summed E-state index contributed by atoms with van der Waals surface area (Å²) in [7, 11) is -3.43. The molecule has 1 aromatic carbocycles. The van der Waals surface area contributed by atoms with Crippen LogP contribution in [0.25, 0.3) is 0 Å². The van der Waals surface area contributed by atoms with Gasteiger partial charge >= 0.3 is 0 Å². The van der Waals surface area contributed by atoms with Crippen LogP contribution >= 0.6 is 23.1 Å². The van der Waals surface area contributed by atoms with Crippen molar-refractivity contribution in [2.75, 3.05) is 31.9 Å². The highest BCUT2D eigenvalue weighted by Crippen LogP contribution is 2.42. The molecule has 1 unspecified atom stereocenters. The third-order valence-electron chi connectivity index (χ3n) is 6.46. The van der Waals surface area contributed by atoms with Crippen LogP contribution in [0.1, 0.15) is 26.2 Å². The molecule has 3 heterocycles. The van der Waals surface area contributed by atoms with Crippen LogP contribution in [0.5, 0.6) is 0 Å². The van der Waals surface area contributed by atoms with Crippen LogP contribution in [0, 0.1) is 5.41 Å². The molecule has 0 bridgehead atoms. The number of thioether (sulfide) groups is 1. The van der Waals surface area contributed by atoms with E-state index in [1.807, 2.05) is 35.2 Å². The fraction of sp³-hybridized carbons (Fsp3) is 0.478. The van der Waals surface area contributed by atoms with Crippen molar-refractivity contribution in [3.8, 4) is 0 Å². The van der Waals surface area contributed by atoms with Gasteiger partial charge in [-0.05, 0) is 48.3 Å². The maximum atomic E-state index is 13.3. The molecule has 2 aliphatic rings. The molecule has 1 spiro atoms. The Morgan fingerprint density at radius 2 is 1.79 bits per heavy atom. The minimum absolute atomic E-state index is 0.0511. The molecule has 1 N–H and O–H groups in total. The van der Waals surface area contributed by atoms with E-state index in [2.05, 4.69) is 5.32 Å². The van der Waals surface area contributed by atoms with E-state index in [-0.39, 0.29) is 17.2 Å². The Kier molecular flexibility index (Phi) is 7.47. The van der Waals surface area contributed by atoms with Gasteiger partial charge in [0, 0.05) is 43.8 Å². The second-order valence-corrected chi connectivity index (χ2v) is 12.9. The summed E-state index contributed by atoms with van der Waals surface area (Å²) < 4.78 is 27.6. The van der Waals surface area contributed by atoms with Gasteiger partial charge in [0.05, 0.1) is 0 Å². The van der Waals surface area contributed by atoms with E-state index in [9.17, 15) is 18.0 Å². The van der Waals surface area contributed by atoms with Crippen molar-refractivity contribution in [3.63, 3.8) is 0 Å². The molecule has 2 saturated heterocycles. The minimum atomic E-state index is -3.43. The van der Waals surface area contributed by atoms with Gasteiger partial charge < -0.3 is 10.2 Å². The molecular formula is C23H29N3O4S3. The Labute approximate surface area is 203 Å². The van der Waals surface area contributed by atoms with E-state index in [4.69, 9.17) is 0 Å². The maximum absolute atomic E-state index is 13.3. The van der Waals surface area contributed by atoms with E-state index >= 15 is 0 Å². The van der Waals surface area contributed by atoms with Gasteiger partial charge in [0.15, 0.2) is 0 Å². The van der Waals surface area contributed by atoms with Crippen molar-refractivity contribution >= 4 is 44.9 Å². The molecule has 1 atom stereocenters. The standard InChI is InChI=1S/C23H29N3O4S3/c1-18(27)24-20(16-32-19-6-3-2-4-7-19)22(28)25-12-9-23(17-25)10-13-26(14-11-23)33(29,30)21-8-5-15-31-21/h2-8,15,20H,9-14,16-17H2,1H3,(H,24,27). The molecule has 33 heavy (non-hydrogen) atoms. The molecule has 2 aliphatic heterocycles. The van der Waals surface area contributed by atoms with E-state index in [1.165, 1.54) is 18.3 Å². The van der Waals surface area contributed by atoms with Crippen LogP contribution in [0.2, 0.25) is 0 Å². The summed E-state index contributed by atoms with van der Waals surface area (Å²) in [5.41, 5.74) is -0.0511. The van der Waals surface area contributed by atoms with Gasteiger partial charge in [-0.3, -0.25) is 9.59 Å². The number of hydrogen-bond donors (Lipinski definition) is 1. The van der Waals surface area contributed by atoms with Crippen LogP contribution in [-0.4, -0.2) is 67.4 Å². The highest BCUT2D eigenvalue weighted by Gasteiger charge is 2.45. The smallest absolute Gasteiger partial charge is 0.252 e. The van der Waals surface area contributed by atoms with E-state index in [0.717, 1.165) is 24.2 Å². The zero-order valence-electron chi connectivity index (χ0n) is 18.6. The molecule has 0 aliphatic carbocycles. The number of amides is 2. The number of carbonyl (C=O) groups excluding carboxylic acids is 2. The monoisotopic (exact) mass is 507 g/mol. The molecule has 4 rings (SSSR count). The number of rotatable bonds is 7. The van der Waals surface area contributed by atoms with Crippen LogP contribution in [-0.2, 0) is 19.6 Å². The first-order valence-electron chi connectivity index (χ1n) is 11.1. The Morgan fingerprint density at radius 3 is 2.42 bits per heavy atom. The first-order chi connectivity index (χ1) is 15.8. The average Bonchev–Trinajstić information content (AvgIpc) is 3.48. The summed E-state index contributed by atoms with van der Waals surface area (Å²) in [6, 6.07) is 12.6. The zero-order chi connectivity index (χ0) is 23.5. The Hall–Kier alpha value is -1.88. The third kappa shape index (κ3) is 5.62. The quantitative estimate of drug-likeness (QED) is 0.582. The number of sulfonamides is 1. The molecule has 10 heteroatoms. The van der Waals surface area contributed by atoms with Gasteiger partial charge in [-0.1, -0.05) is 24.3 Å². The summed E-state index contributed by atoms with van der Waals surface area (Å²) in [5.74, 6) is 0.195. The fourth-order valence-corrected chi connectivity index (χ4v) is 8.13. The van der Waals surface area contributed by atoms with Crippen molar-refractivity contribution in [2.24, 2.45) is 5.41 Å². The predicted molar refractivity (Wildman–Crippen MR) is 131 cm³/mol. The zero-order valence-corrected chi connectivity index (χ0v) is 21.1. The average molecular weight is 508 g/mol. The maximum Gasteiger partial charge on any atom is 0.252 e. The largest absolute Gasteiger partial charge is 0.344 e. The highest BCUT2D eigenvalue weighted by atomic mass is 32.2. The molecular weight excluding hydrogens is 478 g/mol. The molecule has 7 nitrogen and oxygen atoms in total. The van der Waals surface area contributed by atoms with Gasteiger partial charge in [-0.15, -0.1) is 23.1 Å². The van der Waals surface area contributed by atoms with Crippen molar-refractivity contribution in [3.05, 3.63) is 47.8 Å². The number of nitrogens with one attached hydrogen (secondary N) is 1. The van der Waals surface area contributed by atoms with E-state index < -0.39 is 16.1 Å². The lowest BCUT2D eigenvalue weighted by Gasteiger charge is -2.38. The SMILES string of the molecule is CC(=O)NC(CSc1ccccc1)C(=O)N1CCC2(CCN(S(=O)(=O)c3cccs3)CC2)C1. The molecule has 178 valence electrons. The van der Waals surface area contributed by atoms with E-state index in [0.29, 0.717) is 36.1 Å². The number of hydrogen-bond acceptors (Lipinski definition) is 6. The first kappa shape index (κ1) is 24.3. The summed E-state index contributed by atoms with van der Waals surface area (Å²) in [6.45, 7) is 3.64. The number of carbonyl (C=O) groups is 2. The molecule has 2 amide bonds. The summed E-state index contributed by atoms with van der Waals surface area (Å²) in [4.78, 5) is 28.0. The first-order valence-corrected chi connectivity index (χ1v) is 14.4. The molecule has 1 aromatic heterocycles. The van der Waals surface area contributed by atoms with Crippen molar-refractivity contribution in [1.29, 1.82) is 0 Å². The minimum Gasteiger partial charge on any atom is -0.344 e. The fourth-order valence-electron chi connectivity index (χ4n) is 4.61. The molecule has 2 aromatic rings. The number of likely N-dealkylation sites (tertiary alicyclic amines) is 1. The molecule has 0 saturated carbocycles. The van der Waals surface area contributed by atoms with Gasteiger partial charge in [0.1, 0.15) is 10.3 Å². The van der Waals surface area contributed by atoms with Crippen LogP contribution in [0.3, 0.4) is 0 Å². The van der Waals surface area contributed by atoms with Crippen LogP contribution < -0.4 is 5.32 Å². The van der Waals surface area contributed by atoms with E-state index in [1.54, 1.807) is 33.6 Å². The number of piperidine rings is 1. The number of benzene rings is 1. The Morgan fingerprint density at radius 1 is 1.09 bits per heavy atom. The second-order valence-electron chi connectivity index (χ2n) is 8.72. The van der Waals surface area contributed by atoms with Gasteiger partial charge in [-0.2, -0.15) is 4.31 Å². The lowest BCUT2D eigenvalue weighted by atomic mass is 9.78. The van der Waals surface area contributed by atoms with Crippen LogP contribution in [0.15, 0.2) is 56.9 Å². The van der Waals surface area contributed by atoms with Gasteiger partial charge in [-0.25, -0.2) is 8.42 Å². The third-order valence-corrected chi connectivity index (χ3v) is 10.8. The van der Waals surface area contributed by atoms with Gasteiger partial charge in [0.25, 0.3) is 10.0 Å². The lowest BCUT2D eigenvalue weighted by Crippen LogP contribution is -2.50. The molecule has 0 radical (unpaired) electrons. The second kappa shape index (κ2) is 10.2. The lowest BCUT2D eigenvalue weighted by molar-refractivity contribution is -0.135. The number of thiophene rings is 1. The summed E-state index contributed by atoms with van der Waals surface area (Å²) >= 11 is 2.80. The van der Waals surface area contributed by atoms with Crippen LogP contribution in [0.4, 0.5) is 0 Å². The predicted octanol–water partition coefficient (Wildman–Crippen LogP) is 3.05. The normalized spacial score (nSPS) is 19.5. The van der Waals surface area contributed by atoms with Crippen molar-refractivity contribution in [2.45, 2.75) is 41.3 Å². The number of nitrogens with zero attached hydrogens (tertiary/aromatic N) is 2. The van der Waals surface area contributed by atoms with Crippen molar-refractivity contribution in [1.82, 2.24) is 14.5 Å². The highest BCUT2D eigenvalue weighted by molar-refractivity contribution is 7.99. The summed E-state index contributed by atoms with van der Waals surface area (Å²) in [5, 5.41) is 4.60. The topological polar surface area (TPSA) is 86.8 Å². The van der Waals surface area contributed by atoms with Gasteiger partial charge in [0.2, 0.25) is 11.8 Å². The Balaban J connectivity index is 1.36. The van der Waals surface area contributed by atoms with Crippen molar-refractivity contribution < 1.29 is 18.0 Å².